The fourth-order valence-corrected chi connectivity index (χ4v) is 2.18. The number of carbonyl (C=O) groups is 1. The van der Waals surface area contributed by atoms with E-state index in [4.69, 9.17) is 9.52 Å². The molecule has 1 N–H and O–H groups in total. The molecular formula is C19H15NO3. The van der Waals surface area contributed by atoms with Gasteiger partial charge in [-0.05, 0) is 42.8 Å². The number of benzene rings is 2. The van der Waals surface area contributed by atoms with E-state index >= 15 is 0 Å². The van der Waals surface area contributed by atoms with Crippen LogP contribution in [0, 0.1) is 6.92 Å². The SMILES string of the molecule is Cc1oc(-c2ccccc2)nc1/C=C/c1ccc(C(=O)O)cc1. The lowest BCUT2D eigenvalue weighted by Crippen LogP contribution is -1.94. The van der Waals surface area contributed by atoms with Gasteiger partial charge >= 0.3 is 5.97 Å². The maximum absolute atomic E-state index is 10.8. The molecule has 2 aromatic carbocycles. The second-order valence-corrected chi connectivity index (χ2v) is 5.09. The first kappa shape index (κ1) is 14.8. The normalized spacial score (nSPS) is 11.0. The third-order valence-corrected chi connectivity index (χ3v) is 3.44. The molecule has 0 aliphatic carbocycles. The Morgan fingerprint density at radius 2 is 1.74 bits per heavy atom. The molecule has 1 aromatic heterocycles. The topological polar surface area (TPSA) is 63.3 Å². The molecule has 0 spiro atoms. The molecule has 114 valence electrons. The van der Waals surface area contributed by atoms with Crippen molar-refractivity contribution in [2.75, 3.05) is 0 Å². The maximum atomic E-state index is 10.8. The van der Waals surface area contributed by atoms with Crippen LogP contribution in [0.4, 0.5) is 0 Å². The first-order chi connectivity index (χ1) is 11.1. The lowest BCUT2D eigenvalue weighted by atomic mass is 10.1. The highest BCUT2D eigenvalue weighted by Crippen LogP contribution is 2.22. The van der Waals surface area contributed by atoms with Crippen LogP contribution in [0.5, 0.6) is 0 Å². The Hall–Kier alpha value is -3.14. The van der Waals surface area contributed by atoms with E-state index in [0.717, 1.165) is 22.6 Å². The van der Waals surface area contributed by atoms with Crippen molar-refractivity contribution in [3.8, 4) is 11.5 Å². The molecule has 0 unspecified atom stereocenters. The number of aromatic nitrogens is 1. The summed E-state index contributed by atoms with van der Waals surface area (Å²) in [6.45, 7) is 1.87. The zero-order chi connectivity index (χ0) is 16.2. The highest BCUT2D eigenvalue weighted by molar-refractivity contribution is 5.88. The van der Waals surface area contributed by atoms with Gasteiger partial charge in [-0.3, -0.25) is 0 Å². The van der Waals surface area contributed by atoms with Crippen LogP contribution in [0.1, 0.15) is 27.4 Å². The predicted molar refractivity (Wildman–Crippen MR) is 89.0 cm³/mol. The second-order valence-electron chi connectivity index (χ2n) is 5.09. The van der Waals surface area contributed by atoms with Crippen LogP contribution in [0.15, 0.2) is 59.0 Å². The van der Waals surface area contributed by atoms with Gasteiger partial charge in [-0.15, -0.1) is 0 Å². The summed E-state index contributed by atoms with van der Waals surface area (Å²) in [6, 6.07) is 16.4. The molecule has 4 nitrogen and oxygen atoms in total. The van der Waals surface area contributed by atoms with E-state index in [1.807, 2.05) is 49.4 Å². The van der Waals surface area contributed by atoms with Crippen LogP contribution in [-0.4, -0.2) is 16.1 Å². The number of carboxylic acids is 1. The molecule has 0 amide bonds. The number of oxazole rings is 1. The van der Waals surface area contributed by atoms with E-state index in [-0.39, 0.29) is 5.56 Å². The molecule has 3 aromatic rings. The molecule has 0 bridgehead atoms. The molecule has 0 saturated heterocycles. The minimum absolute atomic E-state index is 0.270. The zero-order valence-electron chi connectivity index (χ0n) is 12.6. The fraction of sp³-hybridized carbons (Fsp3) is 0.0526. The summed E-state index contributed by atoms with van der Waals surface area (Å²) >= 11 is 0. The quantitative estimate of drug-likeness (QED) is 0.769. The van der Waals surface area contributed by atoms with Crippen LogP contribution < -0.4 is 0 Å². The highest BCUT2D eigenvalue weighted by Gasteiger charge is 2.08. The third kappa shape index (κ3) is 3.37. The molecule has 23 heavy (non-hydrogen) atoms. The Labute approximate surface area is 133 Å². The summed E-state index contributed by atoms with van der Waals surface area (Å²) in [4.78, 5) is 15.3. The zero-order valence-corrected chi connectivity index (χ0v) is 12.6. The lowest BCUT2D eigenvalue weighted by Gasteiger charge is -1.95. The smallest absolute Gasteiger partial charge is 0.335 e. The van der Waals surface area contributed by atoms with Gasteiger partial charge in [0.05, 0.1) is 5.56 Å². The lowest BCUT2D eigenvalue weighted by molar-refractivity contribution is 0.0697. The van der Waals surface area contributed by atoms with Gasteiger partial charge < -0.3 is 9.52 Å². The molecule has 0 aliphatic rings. The molecule has 0 saturated carbocycles. The van der Waals surface area contributed by atoms with E-state index in [1.54, 1.807) is 24.3 Å². The maximum Gasteiger partial charge on any atom is 0.335 e. The summed E-state index contributed by atoms with van der Waals surface area (Å²) in [5, 5.41) is 8.89. The van der Waals surface area contributed by atoms with Crippen LogP contribution in [0.2, 0.25) is 0 Å². The van der Waals surface area contributed by atoms with E-state index in [9.17, 15) is 4.79 Å². The Morgan fingerprint density at radius 3 is 2.39 bits per heavy atom. The van der Waals surface area contributed by atoms with Gasteiger partial charge in [-0.25, -0.2) is 9.78 Å². The summed E-state index contributed by atoms with van der Waals surface area (Å²) in [5.41, 5.74) is 2.86. The Morgan fingerprint density at radius 1 is 1.04 bits per heavy atom. The van der Waals surface area contributed by atoms with Crippen molar-refractivity contribution in [1.29, 1.82) is 0 Å². The van der Waals surface area contributed by atoms with Gasteiger partial charge in [0.1, 0.15) is 11.5 Å². The Kier molecular flexibility index (Phi) is 4.06. The monoisotopic (exact) mass is 305 g/mol. The molecule has 0 atom stereocenters. The molecule has 3 rings (SSSR count). The third-order valence-electron chi connectivity index (χ3n) is 3.44. The average Bonchev–Trinajstić information content (AvgIpc) is 2.95. The van der Waals surface area contributed by atoms with Crippen molar-refractivity contribution in [3.05, 3.63) is 77.2 Å². The van der Waals surface area contributed by atoms with Gasteiger partial charge in [0.15, 0.2) is 0 Å². The van der Waals surface area contributed by atoms with Crippen LogP contribution in [0.25, 0.3) is 23.6 Å². The minimum Gasteiger partial charge on any atom is -0.478 e. The van der Waals surface area contributed by atoms with E-state index in [0.29, 0.717) is 5.89 Å². The standard InChI is InChI=1S/C19H15NO3/c1-13-17(20-18(23-13)15-5-3-2-4-6-15)12-9-14-7-10-16(11-8-14)19(21)22/h2-12H,1H3,(H,21,22)/b12-9+. The summed E-state index contributed by atoms with van der Waals surface area (Å²) in [7, 11) is 0. The van der Waals surface area contributed by atoms with Crippen molar-refractivity contribution in [3.63, 3.8) is 0 Å². The highest BCUT2D eigenvalue weighted by atomic mass is 16.4. The first-order valence-electron chi connectivity index (χ1n) is 7.18. The number of aryl methyl sites for hydroxylation is 1. The van der Waals surface area contributed by atoms with Gasteiger partial charge in [0, 0.05) is 5.56 Å². The van der Waals surface area contributed by atoms with Gasteiger partial charge in [-0.2, -0.15) is 0 Å². The first-order valence-corrected chi connectivity index (χ1v) is 7.18. The number of hydrogen-bond donors (Lipinski definition) is 1. The number of hydrogen-bond acceptors (Lipinski definition) is 3. The van der Waals surface area contributed by atoms with Crippen LogP contribution >= 0.6 is 0 Å². The molecule has 1 heterocycles. The number of rotatable bonds is 4. The number of nitrogens with zero attached hydrogens (tertiary/aromatic N) is 1. The summed E-state index contributed by atoms with van der Waals surface area (Å²) in [5.74, 6) is 0.395. The summed E-state index contributed by atoms with van der Waals surface area (Å²) < 4.78 is 5.70. The molecular weight excluding hydrogens is 290 g/mol. The minimum atomic E-state index is -0.930. The largest absolute Gasteiger partial charge is 0.478 e. The molecule has 0 fully saturated rings. The van der Waals surface area contributed by atoms with E-state index < -0.39 is 5.97 Å². The molecule has 4 heteroatoms. The van der Waals surface area contributed by atoms with Crippen molar-refractivity contribution in [2.24, 2.45) is 0 Å². The summed E-state index contributed by atoms with van der Waals surface area (Å²) in [6.07, 6.45) is 3.74. The van der Waals surface area contributed by atoms with Crippen molar-refractivity contribution in [1.82, 2.24) is 4.98 Å². The van der Waals surface area contributed by atoms with Crippen molar-refractivity contribution in [2.45, 2.75) is 6.92 Å². The Bertz CT molecular complexity index is 846. The van der Waals surface area contributed by atoms with Gasteiger partial charge in [-0.1, -0.05) is 36.4 Å². The predicted octanol–water partition coefficient (Wildman–Crippen LogP) is 4.52. The van der Waals surface area contributed by atoms with Crippen molar-refractivity contribution < 1.29 is 14.3 Å². The van der Waals surface area contributed by atoms with Gasteiger partial charge in [0.25, 0.3) is 0 Å². The second kappa shape index (κ2) is 6.32. The van der Waals surface area contributed by atoms with E-state index in [1.165, 1.54) is 0 Å². The number of aromatic carboxylic acids is 1. The average molecular weight is 305 g/mol. The van der Waals surface area contributed by atoms with E-state index in [2.05, 4.69) is 4.98 Å². The van der Waals surface area contributed by atoms with Crippen LogP contribution in [0.3, 0.4) is 0 Å². The number of carboxylic acid groups (broad SMARTS) is 1. The van der Waals surface area contributed by atoms with Crippen molar-refractivity contribution >= 4 is 18.1 Å². The van der Waals surface area contributed by atoms with Crippen LogP contribution in [-0.2, 0) is 0 Å². The fourth-order valence-electron chi connectivity index (χ4n) is 2.18. The Balaban J connectivity index is 1.82. The molecule has 0 aliphatic heterocycles. The van der Waals surface area contributed by atoms with Gasteiger partial charge in [0.2, 0.25) is 5.89 Å². The molecule has 0 radical (unpaired) electrons.